The van der Waals surface area contributed by atoms with Gasteiger partial charge in [-0.05, 0) is 18.8 Å². The van der Waals surface area contributed by atoms with Crippen LogP contribution in [0.5, 0.6) is 0 Å². The van der Waals surface area contributed by atoms with Crippen LogP contribution >= 0.6 is 0 Å². The van der Waals surface area contributed by atoms with Crippen molar-refractivity contribution in [3.63, 3.8) is 0 Å². The third-order valence-corrected chi connectivity index (χ3v) is 4.62. The average molecular weight is 372 g/mol. The molecule has 0 aromatic carbocycles. The third-order valence-electron chi connectivity index (χ3n) is 4.62. The Kier molecular flexibility index (Phi) is 8.46. The van der Waals surface area contributed by atoms with Gasteiger partial charge in [0.1, 0.15) is 18.1 Å². The zero-order valence-electron chi connectivity index (χ0n) is 15.1. The first-order valence-corrected chi connectivity index (χ1v) is 8.70. The number of rotatable bonds is 9. The number of carboxylic acid groups (broad SMARTS) is 1. The maximum absolute atomic E-state index is 12.6. The number of nitrogens with zero attached hydrogens (tertiary/aromatic N) is 1. The molecule has 10 heteroatoms. The standard InChI is InChI=1S/C16H28N4O6/c1-3-9(2)13(16(25)26)19-14(23)11-5-4-6-20(11)15(24)10(8-21)18-12(22)7-17/h9-11,13,21H,3-8,17H2,1-2H3,(H,18,22)(H,19,23)(H,25,26). The van der Waals surface area contributed by atoms with Crippen molar-refractivity contribution in [2.24, 2.45) is 11.7 Å². The molecule has 4 unspecified atom stereocenters. The van der Waals surface area contributed by atoms with Crippen molar-refractivity contribution in [2.45, 2.75) is 51.2 Å². The Labute approximate surface area is 152 Å². The van der Waals surface area contributed by atoms with Crippen LogP contribution in [0, 0.1) is 5.92 Å². The molecule has 6 N–H and O–H groups in total. The van der Waals surface area contributed by atoms with E-state index in [1.807, 2.05) is 6.92 Å². The van der Waals surface area contributed by atoms with E-state index in [-0.39, 0.29) is 19.0 Å². The largest absolute Gasteiger partial charge is 0.480 e. The summed E-state index contributed by atoms with van der Waals surface area (Å²) in [5, 5.41) is 23.5. The molecule has 1 aliphatic rings. The van der Waals surface area contributed by atoms with Gasteiger partial charge in [0.05, 0.1) is 13.2 Å². The van der Waals surface area contributed by atoms with Crippen LogP contribution in [0.2, 0.25) is 0 Å². The van der Waals surface area contributed by atoms with Crippen LogP contribution < -0.4 is 16.4 Å². The number of hydrogen-bond donors (Lipinski definition) is 5. The van der Waals surface area contributed by atoms with Crippen LogP contribution in [0.15, 0.2) is 0 Å². The van der Waals surface area contributed by atoms with Crippen molar-refractivity contribution in [3.8, 4) is 0 Å². The first kappa shape index (κ1) is 21.8. The number of likely N-dealkylation sites (tertiary alicyclic amines) is 1. The van der Waals surface area contributed by atoms with Gasteiger partial charge in [-0.3, -0.25) is 14.4 Å². The van der Waals surface area contributed by atoms with Crippen molar-refractivity contribution in [3.05, 3.63) is 0 Å². The predicted molar refractivity (Wildman–Crippen MR) is 91.8 cm³/mol. The number of carbonyl (C=O) groups is 4. The van der Waals surface area contributed by atoms with Gasteiger partial charge in [0.25, 0.3) is 0 Å². The molecule has 0 bridgehead atoms. The van der Waals surface area contributed by atoms with Crippen LogP contribution in [0.25, 0.3) is 0 Å². The molecular weight excluding hydrogens is 344 g/mol. The van der Waals surface area contributed by atoms with E-state index < -0.39 is 48.4 Å². The summed E-state index contributed by atoms with van der Waals surface area (Å²) in [7, 11) is 0. The van der Waals surface area contributed by atoms with Crippen molar-refractivity contribution >= 4 is 23.7 Å². The monoisotopic (exact) mass is 372 g/mol. The van der Waals surface area contributed by atoms with Crippen LogP contribution in [-0.2, 0) is 19.2 Å². The number of carboxylic acids is 1. The fourth-order valence-corrected chi connectivity index (χ4v) is 2.87. The average Bonchev–Trinajstić information content (AvgIpc) is 3.11. The van der Waals surface area contributed by atoms with Gasteiger partial charge in [0, 0.05) is 6.54 Å². The van der Waals surface area contributed by atoms with Gasteiger partial charge in [-0.15, -0.1) is 0 Å². The zero-order chi connectivity index (χ0) is 19.9. The lowest BCUT2D eigenvalue weighted by atomic mass is 9.98. The topological polar surface area (TPSA) is 162 Å². The molecule has 1 aliphatic heterocycles. The number of aliphatic hydroxyl groups excluding tert-OH is 1. The van der Waals surface area contributed by atoms with Gasteiger partial charge in [-0.2, -0.15) is 0 Å². The minimum Gasteiger partial charge on any atom is -0.480 e. The Hall–Kier alpha value is -2.20. The van der Waals surface area contributed by atoms with Gasteiger partial charge in [-0.1, -0.05) is 20.3 Å². The number of nitrogens with two attached hydrogens (primary N) is 1. The molecule has 1 saturated heterocycles. The normalized spacial score (nSPS) is 20.2. The van der Waals surface area contributed by atoms with E-state index in [0.717, 1.165) is 0 Å². The molecule has 148 valence electrons. The van der Waals surface area contributed by atoms with Gasteiger partial charge in [0.15, 0.2) is 0 Å². The predicted octanol–water partition coefficient (Wildman–Crippen LogP) is -1.97. The van der Waals surface area contributed by atoms with Gasteiger partial charge >= 0.3 is 5.97 Å². The lowest BCUT2D eigenvalue weighted by Gasteiger charge is -2.29. The number of carbonyl (C=O) groups excluding carboxylic acids is 3. The molecule has 4 atom stereocenters. The summed E-state index contributed by atoms with van der Waals surface area (Å²) in [6.45, 7) is 2.88. The van der Waals surface area contributed by atoms with Crippen LogP contribution in [-0.4, -0.2) is 76.6 Å². The van der Waals surface area contributed by atoms with Gasteiger partial charge in [-0.25, -0.2) is 4.79 Å². The van der Waals surface area contributed by atoms with E-state index in [1.54, 1.807) is 6.92 Å². The third kappa shape index (κ3) is 5.40. The molecule has 0 spiro atoms. The van der Waals surface area contributed by atoms with Gasteiger partial charge < -0.3 is 31.5 Å². The molecule has 1 heterocycles. The number of nitrogens with one attached hydrogen (secondary N) is 2. The second-order valence-corrected chi connectivity index (χ2v) is 6.41. The van der Waals surface area contributed by atoms with Crippen LogP contribution in [0.4, 0.5) is 0 Å². The Morgan fingerprint density at radius 1 is 1.27 bits per heavy atom. The summed E-state index contributed by atoms with van der Waals surface area (Å²) in [6.07, 6.45) is 1.52. The SMILES string of the molecule is CCC(C)C(NC(=O)C1CCCN1C(=O)C(CO)NC(=O)CN)C(=O)O. The lowest BCUT2D eigenvalue weighted by molar-refractivity contribution is -0.146. The molecule has 0 aliphatic carbocycles. The number of aliphatic carboxylic acids is 1. The zero-order valence-corrected chi connectivity index (χ0v) is 15.1. The summed E-state index contributed by atoms with van der Waals surface area (Å²) in [5.74, 6) is -3.14. The first-order valence-electron chi connectivity index (χ1n) is 8.70. The first-order chi connectivity index (χ1) is 12.3. The van der Waals surface area contributed by atoms with E-state index in [0.29, 0.717) is 19.3 Å². The van der Waals surface area contributed by atoms with Crippen molar-refractivity contribution in [2.75, 3.05) is 19.7 Å². The van der Waals surface area contributed by atoms with E-state index >= 15 is 0 Å². The smallest absolute Gasteiger partial charge is 0.326 e. The minimum absolute atomic E-state index is 0.268. The molecule has 3 amide bonds. The molecule has 1 fully saturated rings. The molecule has 0 aromatic rings. The second kappa shape index (κ2) is 10.1. The maximum atomic E-state index is 12.6. The fourth-order valence-electron chi connectivity index (χ4n) is 2.87. The lowest BCUT2D eigenvalue weighted by Crippen LogP contribution is -2.57. The fraction of sp³-hybridized carbons (Fsp3) is 0.750. The number of amides is 3. The molecule has 0 aromatic heterocycles. The Morgan fingerprint density at radius 2 is 1.92 bits per heavy atom. The summed E-state index contributed by atoms with van der Waals surface area (Å²) in [6, 6.07) is -3.07. The summed E-state index contributed by atoms with van der Waals surface area (Å²) >= 11 is 0. The Balaban J connectivity index is 2.85. The van der Waals surface area contributed by atoms with E-state index in [4.69, 9.17) is 5.73 Å². The second-order valence-electron chi connectivity index (χ2n) is 6.41. The summed E-state index contributed by atoms with van der Waals surface area (Å²) in [5.41, 5.74) is 5.19. The highest BCUT2D eigenvalue weighted by molar-refractivity contribution is 5.94. The number of aliphatic hydroxyl groups is 1. The highest BCUT2D eigenvalue weighted by Crippen LogP contribution is 2.19. The quantitative estimate of drug-likeness (QED) is 0.313. The Bertz CT molecular complexity index is 541. The molecule has 26 heavy (non-hydrogen) atoms. The van der Waals surface area contributed by atoms with Crippen LogP contribution in [0.3, 0.4) is 0 Å². The summed E-state index contributed by atoms with van der Waals surface area (Å²) < 4.78 is 0. The minimum atomic E-state index is -1.19. The highest BCUT2D eigenvalue weighted by Gasteiger charge is 2.39. The molecular formula is C16H28N4O6. The van der Waals surface area contributed by atoms with Crippen molar-refractivity contribution in [1.29, 1.82) is 0 Å². The van der Waals surface area contributed by atoms with E-state index in [2.05, 4.69) is 10.6 Å². The van der Waals surface area contributed by atoms with Crippen molar-refractivity contribution in [1.82, 2.24) is 15.5 Å². The number of hydrogen-bond acceptors (Lipinski definition) is 6. The maximum Gasteiger partial charge on any atom is 0.326 e. The molecule has 0 radical (unpaired) electrons. The van der Waals surface area contributed by atoms with E-state index in [1.165, 1.54) is 4.90 Å². The molecule has 10 nitrogen and oxygen atoms in total. The van der Waals surface area contributed by atoms with Gasteiger partial charge in [0.2, 0.25) is 17.7 Å². The molecule has 0 saturated carbocycles. The Morgan fingerprint density at radius 3 is 2.42 bits per heavy atom. The summed E-state index contributed by atoms with van der Waals surface area (Å²) in [4.78, 5) is 49.1. The van der Waals surface area contributed by atoms with E-state index in [9.17, 15) is 29.4 Å². The molecule has 1 rings (SSSR count). The highest BCUT2D eigenvalue weighted by atomic mass is 16.4. The van der Waals surface area contributed by atoms with Crippen molar-refractivity contribution < 1.29 is 29.4 Å². The van der Waals surface area contributed by atoms with Crippen LogP contribution in [0.1, 0.15) is 33.1 Å².